The Balaban J connectivity index is 1.50. The molecule has 0 bridgehead atoms. The van der Waals surface area contributed by atoms with Gasteiger partial charge < -0.3 is 9.64 Å². The molecule has 2 fully saturated rings. The van der Waals surface area contributed by atoms with Crippen molar-refractivity contribution < 1.29 is 9.53 Å². The van der Waals surface area contributed by atoms with E-state index in [1.54, 1.807) is 17.3 Å². The van der Waals surface area contributed by atoms with Crippen molar-refractivity contribution in [2.75, 3.05) is 24.6 Å². The van der Waals surface area contributed by atoms with E-state index in [0.717, 1.165) is 44.5 Å². The summed E-state index contributed by atoms with van der Waals surface area (Å²) in [7, 11) is 0. The summed E-state index contributed by atoms with van der Waals surface area (Å²) in [5, 5.41) is 0. The van der Waals surface area contributed by atoms with Gasteiger partial charge in [0.15, 0.2) is 5.82 Å². The van der Waals surface area contributed by atoms with Crippen molar-refractivity contribution in [2.45, 2.75) is 51.6 Å². The molecule has 1 aromatic carbocycles. The van der Waals surface area contributed by atoms with Crippen LogP contribution in [0.1, 0.15) is 37.9 Å². The summed E-state index contributed by atoms with van der Waals surface area (Å²) in [4.78, 5) is 26.0. The van der Waals surface area contributed by atoms with Gasteiger partial charge in [0.25, 0.3) is 0 Å². The van der Waals surface area contributed by atoms with Crippen LogP contribution in [0.5, 0.6) is 0 Å². The molecule has 2 aliphatic heterocycles. The number of benzene rings is 1. The first-order chi connectivity index (χ1) is 14.1. The summed E-state index contributed by atoms with van der Waals surface area (Å²) in [6.07, 6.45) is 7.01. The maximum absolute atomic E-state index is 12.6. The molecule has 29 heavy (non-hydrogen) atoms. The molecule has 0 saturated carbocycles. The third kappa shape index (κ3) is 4.58. The van der Waals surface area contributed by atoms with E-state index < -0.39 is 0 Å². The van der Waals surface area contributed by atoms with Gasteiger partial charge in [0.05, 0.1) is 11.7 Å². The van der Waals surface area contributed by atoms with Gasteiger partial charge >= 0.3 is 6.09 Å². The molecule has 2 aliphatic rings. The molecule has 2 aromatic rings. The number of amides is 1. The molecule has 0 N–H and O–H groups in total. The average molecular weight is 395 g/mol. The lowest BCUT2D eigenvalue weighted by atomic mass is 9.91. The van der Waals surface area contributed by atoms with Crippen LogP contribution in [0.4, 0.5) is 10.6 Å². The van der Waals surface area contributed by atoms with Gasteiger partial charge in [-0.1, -0.05) is 30.3 Å². The lowest BCUT2D eigenvalue weighted by Gasteiger charge is -2.34. The fourth-order valence-electron chi connectivity index (χ4n) is 4.41. The molecule has 4 rings (SSSR count). The number of anilines is 1. The van der Waals surface area contributed by atoms with Crippen LogP contribution in [0.2, 0.25) is 0 Å². The highest BCUT2D eigenvalue weighted by Gasteiger charge is 2.37. The van der Waals surface area contributed by atoms with E-state index >= 15 is 0 Å². The molecule has 1 atom stereocenters. The number of nitrogens with zero attached hydrogens (tertiary/aromatic N) is 4. The highest BCUT2D eigenvalue weighted by Crippen LogP contribution is 2.29. The van der Waals surface area contributed by atoms with Gasteiger partial charge in [-0.2, -0.15) is 0 Å². The minimum absolute atomic E-state index is 0.0526. The Bertz CT molecular complexity index is 819. The maximum atomic E-state index is 12.6. The third-order valence-electron chi connectivity index (χ3n) is 6.12. The molecule has 3 heterocycles. The molecule has 0 unspecified atom stereocenters. The van der Waals surface area contributed by atoms with Crippen LogP contribution in [0, 0.1) is 5.92 Å². The number of likely N-dealkylation sites (tertiary alicyclic amines) is 1. The smallest absolute Gasteiger partial charge is 0.416 e. The molecule has 2 saturated heterocycles. The van der Waals surface area contributed by atoms with Crippen LogP contribution in [0.3, 0.4) is 0 Å². The van der Waals surface area contributed by atoms with E-state index in [9.17, 15) is 4.79 Å². The first-order valence-electron chi connectivity index (χ1n) is 10.7. The zero-order chi connectivity index (χ0) is 20.2. The molecular formula is C23H30N4O2. The van der Waals surface area contributed by atoms with Crippen molar-refractivity contribution in [2.24, 2.45) is 5.92 Å². The number of hydrogen-bond donors (Lipinski definition) is 0. The Morgan fingerprint density at radius 2 is 1.79 bits per heavy atom. The molecule has 6 nitrogen and oxygen atoms in total. The number of rotatable bonds is 6. The molecule has 0 radical (unpaired) electrons. The minimum Gasteiger partial charge on any atom is -0.447 e. The molecular weight excluding hydrogens is 364 g/mol. The highest BCUT2D eigenvalue weighted by molar-refractivity contribution is 5.89. The van der Waals surface area contributed by atoms with Crippen LogP contribution in [0.25, 0.3) is 0 Å². The summed E-state index contributed by atoms with van der Waals surface area (Å²) in [6.45, 7) is 7.15. The van der Waals surface area contributed by atoms with Crippen LogP contribution in [0.15, 0.2) is 42.7 Å². The molecule has 0 spiro atoms. The van der Waals surface area contributed by atoms with Crippen molar-refractivity contribution in [3.05, 3.63) is 54.0 Å². The van der Waals surface area contributed by atoms with Crippen LogP contribution < -0.4 is 4.90 Å². The minimum atomic E-state index is -0.317. The number of piperidine rings is 1. The quantitative estimate of drug-likeness (QED) is 0.748. The first-order valence-corrected chi connectivity index (χ1v) is 10.7. The van der Waals surface area contributed by atoms with Gasteiger partial charge in [0.2, 0.25) is 0 Å². The second kappa shape index (κ2) is 8.91. The van der Waals surface area contributed by atoms with E-state index in [-0.39, 0.29) is 12.1 Å². The lowest BCUT2D eigenvalue weighted by Crippen LogP contribution is -2.39. The fourth-order valence-corrected chi connectivity index (χ4v) is 4.41. The lowest BCUT2D eigenvalue weighted by molar-refractivity contribution is 0.149. The third-order valence-corrected chi connectivity index (χ3v) is 6.12. The highest BCUT2D eigenvalue weighted by atomic mass is 16.6. The van der Waals surface area contributed by atoms with Gasteiger partial charge in [-0.05, 0) is 64.1 Å². The predicted octanol–water partition coefficient (Wildman–Crippen LogP) is 3.71. The van der Waals surface area contributed by atoms with Gasteiger partial charge in [0.1, 0.15) is 6.61 Å². The molecule has 1 amide bonds. The van der Waals surface area contributed by atoms with E-state index in [0.29, 0.717) is 24.4 Å². The Hall–Kier alpha value is -2.47. The summed E-state index contributed by atoms with van der Waals surface area (Å²) in [5.41, 5.74) is 2.10. The van der Waals surface area contributed by atoms with Gasteiger partial charge in [-0.25, -0.2) is 9.78 Å². The standard InChI is InChI=1S/C23H30N4O2/c1-17(2)26-12-8-19(9-13-26)15-21-22(25-11-10-24-21)27-20(16-29-23(27)28)14-18-6-4-3-5-7-18/h3-7,10-11,17,19-20H,8-9,12-16H2,1-2H3/t20-/m0/s1. The maximum Gasteiger partial charge on any atom is 0.416 e. The van der Waals surface area contributed by atoms with E-state index in [4.69, 9.17) is 4.74 Å². The van der Waals surface area contributed by atoms with E-state index in [1.165, 1.54) is 5.56 Å². The zero-order valence-corrected chi connectivity index (χ0v) is 17.3. The number of cyclic esters (lactones) is 1. The first kappa shape index (κ1) is 19.8. The monoisotopic (exact) mass is 394 g/mol. The number of carbonyl (C=O) groups is 1. The van der Waals surface area contributed by atoms with Gasteiger partial charge in [-0.15, -0.1) is 0 Å². The zero-order valence-electron chi connectivity index (χ0n) is 17.3. The largest absolute Gasteiger partial charge is 0.447 e. The Morgan fingerprint density at radius 3 is 2.52 bits per heavy atom. The van der Waals surface area contributed by atoms with Crippen molar-refractivity contribution in [1.29, 1.82) is 0 Å². The van der Waals surface area contributed by atoms with Crippen LogP contribution in [-0.2, 0) is 17.6 Å². The van der Waals surface area contributed by atoms with E-state index in [1.807, 2.05) is 18.2 Å². The van der Waals surface area contributed by atoms with Crippen molar-refractivity contribution >= 4 is 11.9 Å². The normalized spacial score (nSPS) is 21.0. The summed E-state index contributed by atoms with van der Waals surface area (Å²) >= 11 is 0. The molecule has 154 valence electrons. The van der Waals surface area contributed by atoms with Crippen molar-refractivity contribution in [3.8, 4) is 0 Å². The molecule has 0 aliphatic carbocycles. The summed E-state index contributed by atoms with van der Waals surface area (Å²) < 4.78 is 5.40. The number of aromatic nitrogens is 2. The summed E-state index contributed by atoms with van der Waals surface area (Å²) in [6, 6.07) is 10.8. The molecule has 1 aromatic heterocycles. The van der Waals surface area contributed by atoms with Crippen LogP contribution in [-0.4, -0.2) is 52.7 Å². The fraction of sp³-hybridized carbons (Fsp3) is 0.522. The van der Waals surface area contributed by atoms with Crippen molar-refractivity contribution in [3.63, 3.8) is 0 Å². The van der Waals surface area contributed by atoms with Gasteiger partial charge in [0, 0.05) is 18.4 Å². The number of hydrogen-bond acceptors (Lipinski definition) is 5. The van der Waals surface area contributed by atoms with Crippen LogP contribution >= 0.6 is 0 Å². The van der Waals surface area contributed by atoms with E-state index in [2.05, 4.69) is 40.8 Å². The summed E-state index contributed by atoms with van der Waals surface area (Å²) in [5.74, 6) is 1.24. The van der Waals surface area contributed by atoms with Crippen molar-refractivity contribution in [1.82, 2.24) is 14.9 Å². The number of ether oxygens (including phenoxy) is 1. The second-order valence-electron chi connectivity index (χ2n) is 8.39. The Kier molecular flexibility index (Phi) is 6.09. The Morgan fingerprint density at radius 1 is 1.07 bits per heavy atom. The topological polar surface area (TPSA) is 58.6 Å². The average Bonchev–Trinajstić information content (AvgIpc) is 3.09. The molecule has 6 heteroatoms. The Labute approximate surface area is 172 Å². The second-order valence-corrected chi connectivity index (χ2v) is 8.39. The van der Waals surface area contributed by atoms with Gasteiger partial charge in [-0.3, -0.25) is 9.88 Å². The predicted molar refractivity (Wildman–Crippen MR) is 113 cm³/mol. The SMILES string of the molecule is CC(C)N1CCC(Cc2nccnc2N2C(=O)OC[C@@H]2Cc2ccccc2)CC1. The number of carbonyl (C=O) groups excluding carboxylic acids is 1.